The second-order valence-corrected chi connectivity index (χ2v) is 8.55. The lowest BCUT2D eigenvalue weighted by atomic mass is 9.86. The van der Waals surface area contributed by atoms with E-state index in [-0.39, 0.29) is 17.9 Å². The molecule has 0 radical (unpaired) electrons. The molecule has 2 aromatic carbocycles. The van der Waals surface area contributed by atoms with E-state index in [2.05, 4.69) is 31.1 Å². The summed E-state index contributed by atoms with van der Waals surface area (Å²) in [5.41, 5.74) is 1.63. The quantitative estimate of drug-likeness (QED) is 0.629. The Morgan fingerprint density at radius 3 is 2.70 bits per heavy atom. The number of hydrogen-bond donors (Lipinski definition) is 1. The molecule has 1 N–H and O–H groups in total. The van der Waals surface area contributed by atoms with Crippen molar-refractivity contribution in [2.45, 2.75) is 26.2 Å². The number of ether oxygens (including phenoxy) is 2. The smallest absolute Gasteiger partial charge is 0.264 e. The van der Waals surface area contributed by atoms with E-state index in [1.807, 2.05) is 30.3 Å². The first kappa shape index (κ1) is 19.5. The predicted molar refractivity (Wildman–Crippen MR) is 110 cm³/mol. The van der Waals surface area contributed by atoms with Gasteiger partial charge in [-0.25, -0.2) is 4.98 Å². The van der Waals surface area contributed by atoms with Crippen molar-refractivity contribution >= 4 is 44.2 Å². The number of aromatic nitrogens is 1. The van der Waals surface area contributed by atoms with E-state index < -0.39 is 0 Å². The van der Waals surface area contributed by atoms with Crippen molar-refractivity contribution in [1.29, 1.82) is 0 Å². The molecule has 5 nitrogen and oxygen atoms in total. The molecule has 0 unspecified atom stereocenters. The largest absolute Gasteiger partial charge is 0.497 e. The Bertz CT molecular complexity index is 979. The van der Waals surface area contributed by atoms with Gasteiger partial charge in [0.05, 0.1) is 17.3 Å². The normalized spacial score (nSPS) is 11.4. The van der Waals surface area contributed by atoms with Crippen LogP contribution in [0.4, 0.5) is 5.13 Å². The van der Waals surface area contributed by atoms with Gasteiger partial charge in [-0.15, -0.1) is 0 Å². The van der Waals surface area contributed by atoms with Crippen molar-refractivity contribution in [3.05, 3.63) is 47.0 Å². The van der Waals surface area contributed by atoms with E-state index >= 15 is 0 Å². The Hall–Kier alpha value is -2.31. The molecule has 1 heterocycles. The van der Waals surface area contributed by atoms with E-state index in [0.717, 1.165) is 21.5 Å². The Kier molecular flexibility index (Phi) is 5.58. The van der Waals surface area contributed by atoms with Gasteiger partial charge in [0.15, 0.2) is 11.7 Å². The van der Waals surface area contributed by atoms with Crippen molar-refractivity contribution in [2.75, 3.05) is 19.0 Å². The number of benzene rings is 2. The Morgan fingerprint density at radius 2 is 2.00 bits per heavy atom. The summed E-state index contributed by atoms with van der Waals surface area (Å²) >= 11 is 7.36. The number of rotatable bonds is 5. The number of amides is 1. The van der Waals surface area contributed by atoms with Crippen LogP contribution in [-0.4, -0.2) is 24.6 Å². The van der Waals surface area contributed by atoms with Crippen LogP contribution in [0.15, 0.2) is 36.4 Å². The maximum Gasteiger partial charge on any atom is 0.264 e. The summed E-state index contributed by atoms with van der Waals surface area (Å²) in [4.78, 5) is 16.7. The summed E-state index contributed by atoms with van der Waals surface area (Å²) in [5.74, 6) is 1.15. The number of fused-ring (bicyclic) bond motifs is 1. The van der Waals surface area contributed by atoms with Gasteiger partial charge in [-0.2, -0.15) is 0 Å². The molecule has 3 rings (SSSR count). The summed E-state index contributed by atoms with van der Waals surface area (Å²) < 4.78 is 12.0. The highest BCUT2D eigenvalue weighted by Crippen LogP contribution is 2.34. The number of carbonyl (C=O) groups is 1. The van der Waals surface area contributed by atoms with E-state index in [9.17, 15) is 4.79 Å². The third kappa shape index (κ3) is 4.70. The van der Waals surface area contributed by atoms with Crippen LogP contribution in [-0.2, 0) is 10.2 Å². The number of thiazole rings is 1. The number of nitrogens with one attached hydrogen (secondary N) is 1. The first-order valence-corrected chi connectivity index (χ1v) is 9.63. The van der Waals surface area contributed by atoms with Gasteiger partial charge in [0.1, 0.15) is 11.5 Å². The maximum absolute atomic E-state index is 12.3. The van der Waals surface area contributed by atoms with Gasteiger partial charge in [-0.1, -0.05) is 43.7 Å². The maximum atomic E-state index is 12.3. The molecule has 0 aliphatic heterocycles. The second-order valence-electron chi connectivity index (χ2n) is 7.08. The van der Waals surface area contributed by atoms with E-state index in [1.165, 1.54) is 11.3 Å². The second kappa shape index (κ2) is 7.74. The number of hydrogen-bond acceptors (Lipinski definition) is 5. The minimum absolute atomic E-state index is 0.105. The third-order valence-corrected chi connectivity index (χ3v) is 5.12. The van der Waals surface area contributed by atoms with E-state index in [4.69, 9.17) is 21.1 Å². The lowest BCUT2D eigenvalue weighted by molar-refractivity contribution is -0.118. The third-order valence-electron chi connectivity index (χ3n) is 3.95. The average Bonchev–Trinajstić information content (AvgIpc) is 3.00. The van der Waals surface area contributed by atoms with Crippen LogP contribution >= 0.6 is 22.9 Å². The van der Waals surface area contributed by atoms with Gasteiger partial charge in [-0.3, -0.25) is 10.1 Å². The fourth-order valence-electron chi connectivity index (χ4n) is 2.60. The molecule has 27 heavy (non-hydrogen) atoms. The number of carbonyl (C=O) groups excluding carboxylic acids is 1. The first-order chi connectivity index (χ1) is 12.8. The minimum atomic E-state index is -0.268. The van der Waals surface area contributed by atoms with Crippen molar-refractivity contribution in [1.82, 2.24) is 4.98 Å². The van der Waals surface area contributed by atoms with Crippen LogP contribution in [0.3, 0.4) is 0 Å². The molecule has 3 aromatic rings. The standard InChI is InChI=1S/C20H21ClN2O3S/c1-20(2,3)14-10-13(25-4)6-8-16(14)26-11-18(24)23-19-22-15-7-5-12(21)9-17(15)27-19/h5-10H,11H2,1-4H3,(H,22,23,24). The highest BCUT2D eigenvalue weighted by atomic mass is 35.5. The summed E-state index contributed by atoms with van der Waals surface area (Å²) in [6.45, 7) is 6.15. The number of nitrogens with zero attached hydrogens (tertiary/aromatic N) is 1. The molecule has 0 aliphatic rings. The summed E-state index contributed by atoms with van der Waals surface area (Å²) in [6.07, 6.45) is 0. The van der Waals surface area contributed by atoms with E-state index in [0.29, 0.717) is 15.9 Å². The summed E-state index contributed by atoms with van der Waals surface area (Å²) in [6, 6.07) is 11.0. The van der Waals surface area contributed by atoms with Crippen LogP contribution in [0.5, 0.6) is 11.5 Å². The molecule has 0 bridgehead atoms. The van der Waals surface area contributed by atoms with Gasteiger partial charge in [0.2, 0.25) is 0 Å². The monoisotopic (exact) mass is 404 g/mol. The van der Waals surface area contributed by atoms with E-state index in [1.54, 1.807) is 13.2 Å². The predicted octanol–water partition coefficient (Wildman–Crippen LogP) is 5.27. The molecule has 0 atom stereocenters. The molecule has 0 fully saturated rings. The molecule has 142 valence electrons. The van der Waals surface area contributed by atoms with Gasteiger partial charge in [0.25, 0.3) is 5.91 Å². The fraction of sp³-hybridized carbons (Fsp3) is 0.300. The minimum Gasteiger partial charge on any atom is -0.497 e. The van der Waals surface area contributed by atoms with Crippen LogP contribution in [0.2, 0.25) is 5.02 Å². The van der Waals surface area contributed by atoms with Crippen molar-refractivity contribution < 1.29 is 14.3 Å². The lowest BCUT2D eigenvalue weighted by Crippen LogP contribution is -2.22. The SMILES string of the molecule is COc1ccc(OCC(=O)Nc2nc3ccc(Cl)cc3s2)c(C(C)(C)C)c1. The molecule has 1 amide bonds. The zero-order chi connectivity index (χ0) is 19.6. The highest BCUT2D eigenvalue weighted by molar-refractivity contribution is 7.22. The lowest BCUT2D eigenvalue weighted by Gasteiger charge is -2.23. The first-order valence-electron chi connectivity index (χ1n) is 8.43. The number of halogens is 1. The van der Waals surface area contributed by atoms with Crippen LogP contribution < -0.4 is 14.8 Å². The molecule has 0 aliphatic carbocycles. The average molecular weight is 405 g/mol. The van der Waals surface area contributed by atoms with Gasteiger partial charge >= 0.3 is 0 Å². The Morgan fingerprint density at radius 1 is 1.22 bits per heavy atom. The van der Waals surface area contributed by atoms with Crippen LogP contribution in [0.1, 0.15) is 26.3 Å². The van der Waals surface area contributed by atoms with Crippen molar-refractivity contribution in [3.63, 3.8) is 0 Å². The molecule has 0 saturated carbocycles. The van der Waals surface area contributed by atoms with Crippen LogP contribution in [0.25, 0.3) is 10.2 Å². The molecular weight excluding hydrogens is 384 g/mol. The zero-order valence-electron chi connectivity index (χ0n) is 15.6. The topological polar surface area (TPSA) is 60.5 Å². The zero-order valence-corrected chi connectivity index (χ0v) is 17.2. The summed E-state index contributed by atoms with van der Waals surface area (Å²) in [7, 11) is 1.63. The number of anilines is 1. The highest BCUT2D eigenvalue weighted by Gasteiger charge is 2.20. The molecule has 0 spiro atoms. The Balaban J connectivity index is 1.70. The number of methoxy groups -OCH3 is 1. The molecule has 1 aromatic heterocycles. The molecular formula is C20H21ClN2O3S. The van der Waals surface area contributed by atoms with Gasteiger partial charge in [0, 0.05) is 10.6 Å². The summed E-state index contributed by atoms with van der Waals surface area (Å²) in [5, 5.41) is 3.94. The van der Waals surface area contributed by atoms with Crippen molar-refractivity contribution in [2.24, 2.45) is 0 Å². The van der Waals surface area contributed by atoms with Gasteiger partial charge < -0.3 is 9.47 Å². The van der Waals surface area contributed by atoms with Gasteiger partial charge in [-0.05, 0) is 41.8 Å². The van der Waals surface area contributed by atoms with Crippen LogP contribution in [0, 0.1) is 0 Å². The van der Waals surface area contributed by atoms with Crippen molar-refractivity contribution in [3.8, 4) is 11.5 Å². The fourth-order valence-corrected chi connectivity index (χ4v) is 3.76. The molecule has 7 heteroatoms. The Labute approximate surface area is 167 Å². The molecule has 0 saturated heterocycles.